The fraction of sp³-hybridized carbons (Fsp3) is 0.416. The van der Waals surface area contributed by atoms with Crippen LogP contribution in [0.5, 0.6) is 0 Å². The van der Waals surface area contributed by atoms with Gasteiger partial charge in [0.15, 0.2) is 0 Å². The van der Waals surface area contributed by atoms with Gasteiger partial charge in [-0.25, -0.2) is 4.79 Å². The van der Waals surface area contributed by atoms with Crippen molar-refractivity contribution in [3.05, 3.63) is 191 Å². The molecule has 107 heavy (non-hydrogen) atoms. The van der Waals surface area contributed by atoms with Crippen LogP contribution in [0.25, 0.3) is 10.8 Å². The van der Waals surface area contributed by atoms with Gasteiger partial charge in [0.2, 0.25) is 59.1 Å². The van der Waals surface area contributed by atoms with Gasteiger partial charge in [-0.05, 0) is 83.8 Å². The molecule has 0 aromatic heterocycles. The zero-order valence-corrected chi connectivity index (χ0v) is 62.1. The molecule has 0 spiro atoms. The van der Waals surface area contributed by atoms with Crippen molar-refractivity contribution in [2.24, 2.45) is 11.5 Å². The maximum Gasteiger partial charge on any atom is 0.327 e. The van der Waals surface area contributed by atoms with Crippen molar-refractivity contribution in [1.82, 2.24) is 58.1 Å². The van der Waals surface area contributed by atoms with Gasteiger partial charge >= 0.3 is 5.97 Å². The van der Waals surface area contributed by atoms with Crippen LogP contribution in [0.3, 0.4) is 0 Å². The van der Waals surface area contributed by atoms with E-state index in [4.69, 9.17) is 11.5 Å². The van der Waals surface area contributed by atoms with E-state index in [1.807, 2.05) is 62.4 Å². The molecule has 0 radical (unpaired) electrons. The van der Waals surface area contributed by atoms with Gasteiger partial charge in [0.1, 0.15) is 60.4 Å². The Morgan fingerprint density at radius 1 is 0.467 bits per heavy atom. The third-order valence-corrected chi connectivity index (χ3v) is 20.3. The van der Waals surface area contributed by atoms with Crippen LogP contribution in [-0.4, -0.2) is 207 Å². The number of nitrogens with zero attached hydrogens (tertiary/aromatic N) is 1. The lowest BCUT2D eigenvalue weighted by molar-refractivity contribution is -0.147. The Bertz CT molecular complexity index is 3960. The van der Waals surface area contributed by atoms with Crippen molar-refractivity contribution in [3.8, 4) is 0 Å². The number of carbonyl (C=O) groups excluding carboxylic acids is 10. The first-order chi connectivity index (χ1) is 51.2. The first-order valence-corrected chi connectivity index (χ1v) is 38.0. The number of unbranched alkanes of at least 4 members (excludes halogenated alkanes) is 1. The number of hydrogen-bond donors (Lipinski definition) is 16. The summed E-state index contributed by atoms with van der Waals surface area (Å²) in [4.78, 5) is 161. The number of nitrogens with one attached hydrogen (secondary N) is 10. The molecule has 6 aromatic carbocycles. The minimum atomic E-state index is -1.88. The number of carbonyl (C=O) groups is 11. The molecule has 28 nitrogen and oxygen atoms in total. The molecule has 0 bridgehead atoms. The van der Waals surface area contributed by atoms with Gasteiger partial charge in [-0.15, -0.1) is 0 Å². The molecule has 7 rings (SSSR count). The number of aliphatic hydroxyl groups is 3. The molecule has 13 atom stereocenters. The van der Waals surface area contributed by atoms with E-state index < -0.39 is 150 Å². The third kappa shape index (κ3) is 26.6. The summed E-state index contributed by atoms with van der Waals surface area (Å²) in [6.45, 7) is 5.97. The zero-order chi connectivity index (χ0) is 77.7. The van der Waals surface area contributed by atoms with Crippen molar-refractivity contribution in [3.63, 3.8) is 0 Å². The van der Waals surface area contributed by atoms with Crippen molar-refractivity contribution in [1.29, 1.82) is 0 Å². The minimum Gasteiger partial charge on any atom is -0.480 e. The zero-order valence-electron chi connectivity index (χ0n) is 60.5. The van der Waals surface area contributed by atoms with Gasteiger partial charge in [-0.3, -0.25) is 47.9 Å². The van der Waals surface area contributed by atoms with Gasteiger partial charge in [-0.1, -0.05) is 193 Å². The molecule has 1 saturated heterocycles. The average molecular weight is 1510 g/mol. The Hall–Kier alpha value is -9.79. The summed E-state index contributed by atoms with van der Waals surface area (Å²) < 4.78 is 0. The number of nitrogens with two attached hydrogens (primary N) is 2. The smallest absolute Gasteiger partial charge is 0.327 e. The number of aliphatic carboxylic acids is 1. The molecule has 0 unspecified atom stereocenters. The summed E-state index contributed by atoms with van der Waals surface area (Å²) in [5.74, 6) is -11.8. The van der Waals surface area contributed by atoms with Crippen molar-refractivity contribution < 1.29 is 73.2 Å². The van der Waals surface area contributed by atoms with E-state index in [0.717, 1.165) is 56.8 Å². The number of benzene rings is 6. The van der Waals surface area contributed by atoms with Gasteiger partial charge in [0.25, 0.3) is 0 Å². The predicted molar refractivity (Wildman–Crippen MR) is 408 cm³/mol. The van der Waals surface area contributed by atoms with E-state index in [2.05, 4.69) is 53.2 Å². The number of hydrogen-bond acceptors (Lipinski definition) is 19. The summed E-state index contributed by atoms with van der Waals surface area (Å²) in [6, 6.07) is 28.3. The Morgan fingerprint density at radius 2 is 0.879 bits per heavy atom. The molecule has 6 aromatic rings. The highest BCUT2D eigenvalue weighted by molar-refractivity contribution is 8.76. The van der Waals surface area contributed by atoms with E-state index in [1.54, 1.807) is 109 Å². The molecule has 1 heterocycles. The molecule has 0 saturated carbocycles. The number of carboxylic acids is 1. The number of rotatable bonds is 21. The highest BCUT2D eigenvalue weighted by Crippen LogP contribution is 2.24. The second kappa shape index (κ2) is 42.5. The van der Waals surface area contributed by atoms with Crippen LogP contribution in [0.15, 0.2) is 158 Å². The Labute approximate surface area is 630 Å². The summed E-state index contributed by atoms with van der Waals surface area (Å²) in [7, 11) is 2.97. The van der Waals surface area contributed by atoms with Crippen LogP contribution in [0.4, 0.5) is 0 Å². The average Bonchev–Trinajstić information content (AvgIpc) is 0.827. The van der Waals surface area contributed by atoms with Crippen molar-refractivity contribution >= 4 is 97.4 Å². The summed E-state index contributed by atoms with van der Waals surface area (Å²) in [5, 5.41) is 72.3. The Kier molecular flexibility index (Phi) is 33.6. The van der Waals surface area contributed by atoms with Gasteiger partial charge in [0.05, 0.1) is 24.9 Å². The van der Waals surface area contributed by atoms with E-state index in [1.165, 1.54) is 6.92 Å². The fourth-order valence-corrected chi connectivity index (χ4v) is 14.2. The van der Waals surface area contributed by atoms with E-state index >= 15 is 19.2 Å². The lowest BCUT2D eigenvalue weighted by atomic mass is 9.98. The topological polar surface area (TPSA) is 444 Å². The van der Waals surface area contributed by atoms with Crippen LogP contribution in [0.2, 0.25) is 0 Å². The molecule has 1 aliphatic rings. The van der Waals surface area contributed by atoms with E-state index in [9.17, 15) is 54.0 Å². The monoisotopic (exact) mass is 1510 g/mol. The first kappa shape index (κ1) is 84.5. The fourth-order valence-electron chi connectivity index (χ4n) is 11.9. The quantitative estimate of drug-likeness (QED) is 0.0349. The lowest BCUT2D eigenvalue weighted by Crippen LogP contribution is -2.63. The SMILES string of the molecule is CC(C)NCc1ccc(C[C@@H]2NC(=O)[C@H](Cc3ccc4ccccc4c3)NC(=O)[C@H](Cc3ccccc3)NC(=O)[C@@H](Cc3ccccc3)NC(=O)[C@@H](CCCCN)NC(=O)[C@H](N)CSSC[C@@H](C(=O)O)NC(=O)[C@H](CO)NC(=O)[C@@H]([C@@H](C)O)N(C)C(=O)[C@H](Cc3ccccc3)NC(=O)[C@@H]([C@@H](C)O)NC2=O)cc1. The number of amides is 10. The Morgan fingerprint density at radius 3 is 1.36 bits per heavy atom. The summed E-state index contributed by atoms with van der Waals surface area (Å²) >= 11 is 0. The number of aliphatic hydroxyl groups excluding tert-OH is 3. The van der Waals surface area contributed by atoms with E-state index in [-0.39, 0.29) is 62.6 Å². The van der Waals surface area contributed by atoms with Crippen molar-refractivity contribution in [2.75, 3.05) is 31.7 Å². The second-order valence-corrected chi connectivity index (χ2v) is 29.4. The molecule has 18 N–H and O–H groups in total. The van der Waals surface area contributed by atoms with Crippen LogP contribution in [0, 0.1) is 0 Å². The molecule has 0 aliphatic carbocycles. The molecule has 574 valence electrons. The summed E-state index contributed by atoms with van der Waals surface area (Å²) in [6.07, 6.45) is -3.63. The minimum absolute atomic E-state index is 0.0309. The lowest BCUT2D eigenvalue weighted by Gasteiger charge is -2.34. The van der Waals surface area contributed by atoms with Gasteiger partial charge < -0.3 is 90.0 Å². The maximum absolute atomic E-state index is 15.6. The van der Waals surface area contributed by atoms with Crippen LogP contribution in [0.1, 0.15) is 80.3 Å². The first-order valence-electron chi connectivity index (χ1n) is 35.5. The highest BCUT2D eigenvalue weighted by Gasteiger charge is 2.41. The van der Waals surface area contributed by atoms with Gasteiger partial charge in [0, 0.05) is 63.2 Å². The maximum atomic E-state index is 15.6. The molecule has 10 amide bonds. The summed E-state index contributed by atoms with van der Waals surface area (Å²) in [5.41, 5.74) is 15.9. The number of carboxylic acid groups (broad SMARTS) is 1. The van der Waals surface area contributed by atoms with E-state index in [0.29, 0.717) is 47.2 Å². The molecular weight excluding hydrogens is 1410 g/mol. The highest BCUT2D eigenvalue weighted by atomic mass is 33.1. The van der Waals surface area contributed by atoms with Crippen molar-refractivity contribution in [2.45, 2.75) is 170 Å². The molecule has 1 aliphatic heterocycles. The second-order valence-electron chi connectivity index (χ2n) is 26.8. The van der Waals surface area contributed by atoms with Gasteiger partial charge in [-0.2, -0.15) is 0 Å². The largest absolute Gasteiger partial charge is 0.480 e. The third-order valence-electron chi connectivity index (χ3n) is 17.9. The standard InChI is InChI=1S/C77H99N13O15S2/c1-45(2)80-41-52-30-28-51(29-31-52)38-60-72(99)89-65(46(3)92)74(101)86-62(39-50-23-13-8-14-24-50)76(103)90(5)66(47(4)93)75(102)87-63(42-91)73(100)88-64(77(104)105)44-107-106-43-56(79)67(94)81-57(27-17-18-34-78)68(95)82-58(36-48-19-9-6-10-20-48)69(96)83-59(37-49-21-11-7-12-22-49)70(97)85-61(71(98)84-60)40-53-32-33-54-25-15-16-26-55(54)35-53/h6-16,19-26,28-33,35,45-47,56-66,80,91-93H,17-18,27,34,36-44,78-79H2,1-5H3,(H,81,94)(H,82,95)(H,83,96)(H,84,98)(H,85,97)(H,86,101)(H,87,102)(H,88,100)(H,89,99)(H,104,105)/t46-,47-,56-,57-,58-,59+,60+,61+,62+,63+,64+,65-,66-/m1/s1. The predicted octanol–water partition coefficient (Wildman–Crippen LogP) is 0.731. The molecule has 1 fully saturated rings. The van der Waals surface area contributed by atoms with Crippen LogP contribution >= 0.6 is 21.6 Å². The number of likely N-dealkylation sites (N-methyl/N-ethyl adjacent to an activating group) is 1. The van der Waals surface area contributed by atoms with Crippen LogP contribution < -0.4 is 64.6 Å². The Balaban J connectivity index is 1.33. The molecule has 30 heteroatoms. The number of fused-ring (bicyclic) bond motifs is 1. The molecular formula is C77H99N13O15S2. The normalized spacial score (nSPS) is 23.6. The van der Waals surface area contributed by atoms with Crippen LogP contribution in [-0.2, 0) is 91.4 Å².